The molecular weight excluding hydrogens is 193 g/mol. The molecule has 0 aliphatic rings. The van der Waals surface area contributed by atoms with Crippen LogP contribution in [-0.2, 0) is 4.74 Å². The average molecular weight is 211 g/mol. The predicted molar refractivity (Wildman–Crippen MR) is 60.7 cm³/mol. The smallest absolute Gasteiger partial charge is 0.128 e. The van der Waals surface area contributed by atoms with Gasteiger partial charge in [0.05, 0.1) is 0 Å². The number of hydrogen-bond acceptors (Lipinski definition) is 2. The van der Waals surface area contributed by atoms with E-state index in [1.165, 1.54) is 6.07 Å². The molecule has 0 radical (unpaired) electrons. The number of anilines is 1. The molecule has 1 atom stereocenters. The molecule has 0 saturated heterocycles. The van der Waals surface area contributed by atoms with Gasteiger partial charge in [-0.25, -0.2) is 4.39 Å². The van der Waals surface area contributed by atoms with Gasteiger partial charge in [0.25, 0.3) is 0 Å². The second-order valence-electron chi connectivity index (χ2n) is 3.74. The SMILES string of the molecule is COCCC(C)Nc1cccc(F)c1C. The number of ether oxygens (including phenoxy) is 1. The van der Waals surface area contributed by atoms with Crippen LogP contribution in [0.15, 0.2) is 18.2 Å². The number of hydrogen-bond donors (Lipinski definition) is 1. The quantitative estimate of drug-likeness (QED) is 0.808. The lowest BCUT2D eigenvalue weighted by atomic mass is 10.1. The zero-order chi connectivity index (χ0) is 11.3. The van der Waals surface area contributed by atoms with E-state index in [9.17, 15) is 4.39 Å². The molecule has 15 heavy (non-hydrogen) atoms. The first-order valence-electron chi connectivity index (χ1n) is 5.15. The lowest BCUT2D eigenvalue weighted by molar-refractivity contribution is 0.191. The Bertz CT molecular complexity index is 314. The molecule has 0 fully saturated rings. The van der Waals surface area contributed by atoms with E-state index in [2.05, 4.69) is 12.2 Å². The van der Waals surface area contributed by atoms with Crippen LogP contribution in [0.25, 0.3) is 0 Å². The van der Waals surface area contributed by atoms with Crippen molar-refractivity contribution in [3.05, 3.63) is 29.6 Å². The highest BCUT2D eigenvalue weighted by Crippen LogP contribution is 2.18. The molecule has 0 saturated carbocycles. The van der Waals surface area contributed by atoms with Crippen LogP contribution in [0, 0.1) is 12.7 Å². The van der Waals surface area contributed by atoms with Gasteiger partial charge < -0.3 is 10.1 Å². The van der Waals surface area contributed by atoms with Crippen LogP contribution in [0.3, 0.4) is 0 Å². The van der Waals surface area contributed by atoms with Crippen molar-refractivity contribution in [1.29, 1.82) is 0 Å². The molecule has 0 aliphatic carbocycles. The van der Waals surface area contributed by atoms with Gasteiger partial charge in [0.15, 0.2) is 0 Å². The van der Waals surface area contributed by atoms with Crippen molar-refractivity contribution in [2.75, 3.05) is 19.0 Å². The summed E-state index contributed by atoms with van der Waals surface area (Å²) in [5.74, 6) is -0.168. The first-order chi connectivity index (χ1) is 7.15. The normalized spacial score (nSPS) is 12.5. The van der Waals surface area contributed by atoms with E-state index in [0.29, 0.717) is 12.2 Å². The topological polar surface area (TPSA) is 21.3 Å². The first-order valence-corrected chi connectivity index (χ1v) is 5.15. The number of nitrogens with one attached hydrogen (secondary N) is 1. The van der Waals surface area contributed by atoms with Crippen LogP contribution in [-0.4, -0.2) is 19.8 Å². The van der Waals surface area contributed by atoms with Gasteiger partial charge in [0.1, 0.15) is 5.82 Å². The summed E-state index contributed by atoms with van der Waals surface area (Å²) in [5, 5.41) is 3.27. The van der Waals surface area contributed by atoms with Gasteiger partial charge in [-0.05, 0) is 32.4 Å². The molecule has 0 amide bonds. The first kappa shape index (κ1) is 12.0. The summed E-state index contributed by atoms with van der Waals surface area (Å²) in [7, 11) is 1.68. The Hall–Kier alpha value is -1.09. The molecule has 0 heterocycles. The van der Waals surface area contributed by atoms with E-state index in [4.69, 9.17) is 4.74 Å². The largest absolute Gasteiger partial charge is 0.385 e. The second-order valence-corrected chi connectivity index (χ2v) is 3.74. The van der Waals surface area contributed by atoms with Crippen LogP contribution in [0.4, 0.5) is 10.1 Å². The Morgan fingerprint density at radius 2 is 2.20 bits per heavy atom. The zero-order valence-corrected chi connectivity index (χ0v) is 9.51. The molecule has 1 aromatic carbocycles. The maximum Gasteiger partial charge on any atom is 0.128 e. The number of benzene rings is 1. The molecule has 1 unspecified atom stereocenters. The summed E-state index contributed by atoms with van der Waals surface area (Å²) >= 11 is 0. The fourth-order valence-corrected chi connectivity index (χ4v) is 1.40. The second kappa shape index (κ2) is 5.71. The Labute approximate surface area is 90.4 Å². The van der Waals surface area contributed by atoms with E-state index in [1.807, 2.05) is 6.07 Å². The summed E-state index contributed by atoms with van der Waals surface area (Å²) in [4.78, 5) is 0. The van der Waals surface area contributed by atoms with Crippen LogP contribution in [0.5, 0.6) is 0 Å². The molecule has 84 valence electrons. The highest BCUT2D eigenvalue weighted by atomic mass is 19.1. The highest BCUT2D eigenvalue weighted by Gasteiger charge is 2.06. The van der Waals surface area contributed by atoms with E-state index in [-0.39, 0.29) is 11.9 Å². The van der Waals surface area contributed by atoms with Crippen molar-refractivity contribution < 1.29 is 9.13 Å². The van der Waals surface area contributed by atoms with Crippen molar-refractivity contribution in [2.24, 2.45) is 0 Å². The molecule has 0 spiro atoms. The fourth-order valence-electron chi connectivity index (χ4n) is 1.40. The third-order valence-corrected chi connectivity index (χ3v) is 2.42. The Kier molecular flexibility index (Phi) is 4.56. The number of halogens is 1. The van der Waals surface area contributed by atoms with Crippen LogP contribution in [0.2, 0.25) is 0 Å². The van der Waals surface area contributed by atoms with Crippen molar-refractivity contribution in [3.8, 4) is 0 Å². The summed E-state index contributed by atoms with van der Waals surface area (Å²) in [6, 6.07) is 5.36. The molecule has 0 aliphatic heterocycles. The van der Waals surface area contributed by atoms with Gasteiger partial charge in [-0.15, -0.1) is 0 Å². The molecule has 0 aromatic heterocycles. The molecule has 1 aromatic rings. The van der Waals surface area contributed by atoms with Gasteiger partial charge in [-0.1, -0.05) is 6.07 Å². The van der Waals surface area contributed by atoms with Gasteiger partial charge in [0, 0.05) is 31.0 Å². The van der Waals surface area contributed by atoms with Crippen molar-refractivity contribution in [1.82, 2.24) is 0 Å². The van der Waals surface area contributed by atoms with E-state index in [0.717, 1.165) is 12.1 Å². The van der Waals surface area contributed by atoms with E-state index >= 15 is 0 Å². The maximum atomic E-state index is 13.2. The Balaban J connectivity index is 2.60. The minimum atomic E-state index is -0.168. The summed E-state index contributed by atoms with van der Waals surface area (Å²) < 4.78 is 18.2. The summed E-state index contributed by atoms with van der Waals surface area (Å²) in [5.41, 5.74) is 1.53. The van der Waals surface area contributed by atoms with Gasteiger partial charge in [-0.2, -0.15) is 0 Å². The van der Waals surface area contributed by atoms with Crippen molar-refractivity contribution >= 4 is 5.69 Å². The number of methoxy groups -OCH3 is 1. The maximum absolute atomic E-state index is 13.2. The summed E-state index contributed by atoms with van der Waals surface area (Å²) in [6.07, 6.45) is 0.909. The minimum absolute atomic E-state index is 0.168. The third-order valence-electron chi connectivity index (χ3n) is 2.42. The Morgan fingerprint density at radius 3 is 2.87 bits per heavy atom. The zero-order valence-electron chi connectivity index (χ0n) is 9.51. The minimum Gasteiger partial charge on any atom is -0.385 e. The van der Waals surface area contributed by atoms with Crippen LogP contribution < -0.4 is 5.32 Å². The van der Waals surface area contributed by atoms with E-state index in [1.54, 1.807) is 20.1 Å². The van der Waals surface area contributed by atoms with Gasteiger partial charge in [0.2, 0.25) is 0 Å². The van der Waals surface area contributed by atoms with Crippen molar-refractivity contribution in [2.45, 2.75) is 26.3 Å². The van der Waals surface area contributed by atoms with Gasteiger partial charge in [-0.3, -0.25) is 0 Å². The predicted octanol–water partition coefficient (Wildman–Crippen LogP) is 2.97. The lowest BCUT2D eigenvalue weighted by Gasteiger charge is -2.16. The van der Waals surface area contributed by atoms with Crippen molar-refractivity contribution in [3.63, 3.8) is 0 Å². The third kappa shape index (κ3) is 3.51. The Morgan fingerprint density at radius 1 is 1.47 bits per heavy atom. The van der Waals surface area contributed by atoms with Crippen LogP contribution in [0.1, 0.15) is 18.9 Å². The molecule has 1 N–H and O–H groups in total. The number of rotatable bonds is 5. The average Bonchev–Trinajstić information content (AvgIpc) is 2.22. The molecule has 3 heteroatoms. The molecule has 1 rings (SSSR count). The van der Waals surface area contributed by atoms with Gasteiger partial charge >= 0.3 is 0 Å². The summed E-state index contributed by atoms with van der Waals surface area (Å²) in [6.45, 7) is 4.55. The standard InChI is InChI=1S/C12H18FNO/c1-9(7-8-15-3)14-12-6-4-5-11(13)10(12)2/h4-6,9,14H,7-8H2,1-3H3. The fraction of sp³-hybridized carbons (Fsp3) is 0.500. The lowest BCUT2D eigenvalue weighted by Crippen LogP contribution is -2.18. The molecule has 0 bridgehead atoms. The highest BCUT2D eigenvalue weighted by molar-refractivity contribution is 5.51. The molecule has 2 nitrogen and oxygen atoms in total. The van der Waals surface area contributed by atoms with Crippen LogP contribution >= 0.6 is 0 Å². The molecular formula is C12H18FNO. The monoisotopic (exact) mass is 211 g/mol. The van der Waals surface area contributed by atoms with E-state index < -0.39 is 0 Å².